The Morgan fingerprint density at radius 3 is 2.37 bits per heavy atom. The Morgan fingerprint density at radius 1 is 1.17 bits per heavy atom. The second-order valence-electron chi connectivity index (χ2n) is 10.5. The fourth-order valence-corrected chi connectivity index (χ4v) is 7.16. The number of carbonyl (C=O) groups is 2. The quantitative estimate of drug-likeness (QED) is 0.710. The molecule has 7 nitrogen and oxygen atoms in total. The highest BCUT2D eigenvalue weighted by Gasteiger charge is 2.55. The van der Waals surface area contributed by atoms with Gasteiger partial charge in [0, 0.05) is 18.9 Å². The molecule has 4 aliphatic carbocycles. The third kappa shape index (κ3) is 4.01. The number of aromatic nitrogens is 1. The number of quaternary nitrogens is 1. The monoisotopic (exact) mass is 415 g/mol. The van der Waals surface area contributed by atoms with Crippen LogP contribution in [-0.4, -0.2) is 54.6 Å². The van der Waals surface area contributed by atoms with Gasteiger partial charge in [-0.05, 0) is 63.2 Å². The van der Waals surface area contributed by atoms with E-state index in [2.05, 4.69) is 10.5 Å². The minimum Gasteiger partial charge on any atom is -0.360 e. The molecule has 4 bridgehead atoms. The summed E-state index contributed by atoms with van der Waals surface area (Å²) in [6.07, 6.45) is 9.59. The van der Waals surface area contributed by atoms with Crippen molar-refractivity contribution >= 4 is 17.6 Å². The van der Waals surface area contributed by atoms with Crippen molar-refractivity contribution in [1.82, 2.24) is 10.1 Å². The van der Waals surface area contributed by atoms with Gasteiger partial charge in [0.25, 0.3) is 0 Å². The lowest BCUT2D eigenvalue weighted by molar-refractivity contribution is -0.886. The van der Waals surface area contributed by atoms with Crippen LogP contribution in [0.25, 0.3) is 0 Å². The summed E-state index contributed by atoms with van der Waals surface area (Å²) in [4.78, 5) is 30.1. The largest absolute Gasteiger partial charge is 0.360 e. The standard InChI is InChI=1S/C23H34N4O3/c1-16-8-20(25-30-16)24-21(28)15-27(7-6-26-4-2-3-5-26)22(29)23-12-17-9-18(13-23)11-19(10-17)14-23/h8,17-19H,2-7,9-15H2,1H3,(H,24,25,28)/p+1. The van der Waals surface area contributed by atoms with Crippen molar-refractivity contribution in [2.24, 2.45) is 23.2 Å². The fourth-order valence-electron chi connectivity index (χ4n) is 7.16. The van der Waals surface area contributed by atoms with E-state index in [1.165, 1.54) is 45.2 Å². The van der Waals surface area contributed by atoms with Crippen LogP contribution in [0.4, 0.5) is 5.82 Å². The number of likely N-dealkylation sites (tertiary alicyclic amines) is 1. The zero-order valence-electron chi connectivity index (χ0n) is 18.1. The SMILES string of the molecule is Cc1cc(NC(=O)CN(CC[NH+]2CCCC2)C(=O)C23CC4CC(CC(C4)C2)C3)no1. The van der Waals surface area contributed by atoms with Crippen LogP contribution in [0.5, 0.6) is 0 Å². The molecule has 2 amide bonds. The lowest BCUT2D eigenvalue weighted by atomic mass is 9.49. The van der Waals surface area contributed by atoms with E-state index < -0.39 is 0 Å². The maximum atomic E-state index is 13.9. The van der Waals surface area contributed by atoms with Gasteiger partial charge in [0.2, 0.25) is 11.8 Å². The van der Waals surface area contributed by atoms with Gasteiger partial charge in [-0.25, -0.2) is 0 Å². The van der Waals surface area contributed by atoms with Gasteiger partial charge >= 0.3 is 0 Å². The second kappa shape index (κ2) is 7.98. The van der Waals surface area contributed by atoms with E-state index in [9.17, 15) is 9.59 Å². The first-order valence-corrected chi connectivity index (χ1v) is 11.9. The highest BCUT2D eigenvalue weighted by Crippen LogP contribution is 2.60. The molecule has 2 N–H and O–H groups in total. The fraction of sp³-hybridized carbons (Fsp3) is 0.783. The number of rotatable bonds is 7. The molecule has 1 aromatic rings. The molecule has 0 atom stereocenters. The first kappa shape index (κ1) is 20.0. The van der Waals surface area contributed by atoms with Crippen molar-refractivity contribution in [1.29, 1.82) is 0 Å². The number of nitrogens with one attached hydrogen (secondary N) is 2. The molecule has 2 heterocycles. The smallest absolute Gasteiger partial charge is 0.245 e. The van der Waals surface area contributed by atoms with Crippen LogP contribution in [0.1, 0.15) is 57.1 Å². The molecule has 0 aromatic carbocycles. The highest BCUT2D eigenvalue weighted by atomic mass is 16.5. The van der Waals surface area contributed by atoms with Gasteiger partial charge in [0.05, 0.1) is 31.6 Å². The van der Waals surface area contributed by atoms with Crippen LogP contribution >= 0.6 is 0 Å². The Labute approximate surface area is 178 Å². The van der Waals surface area contributed by atoms with Crippen molar-refractivity contribution in [2.75, 3.05) is 38.0 Å². The summed E-state index contributed by atoms with van der Waals surface area (Å²) >= 11 is 0. The number of carbonyl (C=O) groups excluding carboxylic acids is 2. The van der Waals surface area contributed by atoms with Crippen molar-refractivity contribution < 1.29 is 19.0 Å². The van der Waals surface area contributed by atoms with Crippen LogP contribution in [0.15, 0.2) is 10.6 Å². The number of aryl methyl sites for hydroxylation is 1. The molecule has 0 unspecified atom stereocenters. The molecular weight excluding hydrogens is 380 g/mol. The third-order valence-corrected chi connectivity index (χ3v) is 8.05. The summed E-state index contributed by atoms with van der Waals surface area (Å²) < 4.78 is 5.05. The molecule has 7 heteroatoms. The van der Waals surface area contributed by atoms with Gasteiger partial charge in [-0.3, -0.25) is 9.59 Å². The van der Waals surface area contributed by atoms with Crippen molar-refractivity contribution in [3.05, 3.63) is 11.8 Å². The van der Waals surface area contributed by atoms with Gasteiger partial charge < -0.3 is 19.6 Å². The Morgan fingerprint density at radius 2 is 1.80 bits per heavy atom. The molecule has 0 spiro atoms. The first-order chi connectivity index (χ1) is 14.5. The average molecular weight is 416 g/mol. The van der Waals surface area contributed by atoms with Gasteiger partial charge in [0.1, 0.15) is 12.3 Å². The van der Waals surface area contributed by atoms with Gasteiger partial charge in [-0.1, -0.05) is 5.16 Å². The van der Waals surface area contributed by atoms with Crippen LogP contribution in [-0.2, 0) is 9.59 Å². The second-order valence-corrected chi connectivity index (χ2v) is 10.5. The highest BCUT2D eigenvalue weighted by molar-refractivity contribution is 5.94. The summed E-state index contributed by atoms with van der Waals surface area (Å²) in [6.45, 7) is 5.88. The number of amides is 2. The van der Waals surface area contributed by atoms with Gasteiger partial charge in [-0.2, -0.15) is 0 Å². The van der Waals surface area contributed by atoms with E-state index in [0.29, 0.717) is 18.1 Å². The summed E-state index contributed by atoms with van der Waals surface area (Å²) in [5, 5.41) is 6.66. The van der Waals surface area contributed by atoms with Crippen LogP contribution in [0, 0.1) is 30.1 Å². The molecule has 6 rings (SSSR count). The predicted molar refractivity (Wildman–Crippen MR) is 112 cm³/mol. The summed E-state index contributed by atoms with van der Waals surface area (Å²) in [6, 6.07) is 1.71. The molecule has 30 heavy (non-hydrogen) atoms. The molecule has 1 aromatic heterocycles. The van der Waals surface area contributed by atoms with Crippen LogP contribution < -0.4 is 10.2 Å². The molecule has 1 aliphatic heterocycles. The Kier molecular flexibility index (Phi) is 5.33. The molecule has 4 saturated carbocycles. The maximum Gasteiger partial charge on any atom is 0.245 e. The molecular formula is C23H35N4O3+. The topological polar surface area (TPSA) is 79.9 Å². The van der Waals surface area contributed by atoms with E-state index in [1.54, 1.807) is 17.9 Å². The van der Waals surface area contributed by atoms with E-state index in [1.807, 2.05) is 4.90 Å². The van der Waals surface area contributed by atoms with Crippen LogP contribution in [0.2, 0.25) is 0 Å². The Balaban J connectivity index is 1.29. The van der Waals surface area contributed by atoms with E-state index in [-0.39, 0.29) is 23.8 Å². The van der Waals surface area contributed by atoms with Gasteiger partial charge in [-0.15, -0.1) is 0 Å². The molecule has 5 aliphatic rings. The van der Waals surface area contributed by atoms with Crippen molar-refractivity contribution in [3.63, 3.8) is 0 Å². The molecule has 164 valence electrons. The lowest BCUT2D eigenvalue weighted by Crippen LogP contribution is -3.10. The van der Waals surface area contributed by atoms with Crippen molar-refractivity contribution in [2.45, 2.75) is 58.3 Å². The Hall–Kier alpha value is -1.89. The number of anilines is 1. The number of hydrogen-bond acceptors (Lipinski definition) is 4. The average Bonchev–Trinajstić information content (AvgIpc) is 3.35. The molecule has 5 fully saturated rings. The minimum absolute atomic E-state index is 0.111. The molecule has 1 saturated heterocycles. The van der Waals surface area contributed by atoms with E-state index in [0.717, 1.165) is 43.6 Å². The summed E-state index contributed by atoms with van der Waals surface area (Å²) in [5.41, 5.74) is -0.208. The summed E-state index contributed by atoms with van der Waals surface area (Å²) in [5.74, 6) is 3.30. The number of hydrogen-bond donors (Lipinski definition) is 2. The summed E-state index contributed by atoms with van der Waals surface area (Å²) in [7, 11) is 0. The zero-order valence-corrected chi connectivity index (χ0v) is 18.1. The number of nitrogens with zero attached hydrogens (tertiary/aromatic N) is 2. The normalized spacial score (nSPS) is 32.5. The lowest BCUT2D eigenvalue weighted by Gasteiger charge is -2.56. The van der Waals surface area contributed by atoms with Crippen molar-refractivity contribution in [3.8, 4) is 0 Å². The predicted octanol–water partition coefficient (Wildman–Crippen LogP) is 1.65. The van der Waals surface area contributed by atoms with Gasteiger partial charge in [0.15, 0.2) is 5.82 Å². The first-order valence-electron chi connectivity index (χ1n) is 11.9. The van der Waals surface area contributed by atoms with E-state index >= 15 is 0 Å². The minimum atomic E-state index is -0.208. The van der Waals surface area contributed by atoms with E-state index in [4.69, 9.17) is 4.52 Å². The Bertz CT molecular complexity index is 763. The third-order valence-electron chi connectivity index (χ3n) is 8.05. The zero-order chi connectivity index (χ0) is 20.7. The molecule has 0 radical (unpaired) electrons. The van der Waals surface area contributed by atoms with Crippen LogP contribution in [0.3, 0.4) is 0 Å². The maximum absolute atomic E-state index is 13.9.